The summed E-state index contributed by atoms with van der Waals surface area (Å²) >= 11 is 4.15. The summed E-state index contributed by atoms with van der Waals surface area (Å²) in [5, 5.41) is 9.32. The Morgan fingerprint density at radius 2 is 2.36 bits per heavy atom. The first-order valence-electron chi connectivity index (χ1n) is 4.34. The van der Waals surface area contributed by atoms with Gasteiger partial charge in [-0.15, -0.1) is 0 Å². The Balaban J connectivity index is 2.12. The van der Waals surface area contributed by atoms with Crippen molar-refractivity contribution in [3.05, 3.63) is 0 Å². The molecule has 3 heteroatoms. The lowest BCUT2D eigenvalue weighted by Crippen LogP contribution is -2.38. The van der Waals surface area contributed by atoms with Gasteiger partial charge in [0.15, 0.2) is 0 Å². The van der Waals surface area contributed by atoms with E-state index in [0.717, 1.165) is 44.6 Å². The standard InChI is InChI=1S/C8H17NOS/c10-8-3-1-4-9(7-8)5-2-6-11/h8,10-11H,1-7H2. The molecule has 1 rings (SSSR count). The van der Waals surface area contributed by atoms with Gasteiger partial charge in [-0.3, -0.25) is 0 Å². The Kier molecular flexibility index (Phi) is 4.26. The van der Waals surface area contributed by atoms with Crippen LogP contribution in [0.4, 0.5) is 0 Å². The summed E-state index contributed by atoms with van der Waals surface area (Å²) in [7, 11) is 0. The molecule has 1 atom stereocenters. The minimum Gasteiger partial charge on any atom is -0.392 e. The first-order valence-corrected chi connectivity index (χ1v) is 4.97. The van der Waals surface area contributed by atoms with E-state index in [1.807, 2.05) is 0 Å². The molecule has 1 fully saturated rings. The maximum Gasteiger partial charge on any atom is 0.0667 e. The largest absolute Gasteiger partial charge is 0.392 e. The van der Waals surface area contributed by atoms with Gasteiger partial charge in [0.2, 0.25) is 0 Å². The van der Waals surface area contributed by atoms with Gasteiger partial charge in [0.25, 0.3) is 0 Å². The maximum atomic E-state index is 9.32. The Morgan fingerprint density at radius 3 is 3.00 bits per heavy atom. The quantitative estimate of drug-likeness (QED) is 0.619. The minimum atomic E-state index is -0.0799. The highest BCUT2D eigenvalue weighted by atomic mass is 32.1. The van der Waals surface area contributed by atoms with Gasteiger partial charge in [-0.1, -0.05) is 0 Å². The van der Waals surface area contributed by atoms with Crippen molar-refractivity contribution in [3.63, 3.8) is 0 Å². The van der Waals surface area contributed by atoms with Gasteiger partial charge >= 0.3 is 0 Å². The second-order valence-corrected chi connectivity index (χ2v) is 3.62. The van der Waals surface area contributed by atoms with Gasteiger partial charge in [-0.2, -0.15) is 12.6 Å². The molecule has 0 spiro atoms. The second kappa shape index (κ2) is 5.01. The summed E-state index contributed by atoms with van der Waals surface area (Å²) in [5.74, 6) is 0.951. The number of hydrogen-bond donors (Lipinski definition) is 2. The van der Waals surface area contributed by atoms with Crippen LogP contribution in [0.25, 0.3) is 0 Å². The first-order chi connectivity index (χ1) is 5.33. The van der Waals surface area contributed by atoms with E-state index < -0.39 is 0 Å². The second-order valence-electron chi connectivity index (χ2n) is 3.17. The van der Waals surface area contributed by atoms with Gasteiger partial charge in [-0.25, -0.2) is 0 Å². The Morgan fingerprint density at radius 1 is 1.55 bits per heavy atom. The molecule has 0 saturated carbocycles. The lowest BCUT2D eigenvalue weighted by atomic mass is 10.1. The van der Waals surface area contributed by atoms with Crippen molar-refractivity contribution in [2.24, 2.45) is 0 Å². The highest BCUT2D eigenvalue weighted by Crippen LogP contribution is 2.09. The average molecular weight is 175 g/mol. The lowest BCUT2D eigenvalue weighted by Gasteiger charge is -2.29. The van der Waals surface area contributed by atoms with Gasteiger partial charge in [0.1, 0.15) is 0 Å². The molecular weight excluding hydrogens is 158 g/mol. The number of likely N-dealkylation sites (tertiary alicyclic amines) is 1. The molecular formula is C8H17NOS. The number of β-amino-alcohol motifs (C(OH)–C–C–N with tert-alkyl or cyclic N) is 1. The van der Waals surface area contributed by atoms with E-state index in [-0.39, 0.29) is 6.10 Å². The zero-order valence-electron chi connectivity index (χ0n) is 6.87. The van der Waals surface area contributed by atoms with Gasteiger partial charge < -0.3 is 10.0 Å². The van der Waals surface area contributed by atoms with Crippen LogP contribution in [0.2, 0.25) is 0 Å². The van der Waals surface area contributed by atoms with Gasteiger partial charge in [0, 0.05) is 6.54 Å². The van der Waals surface area contributed by atoms with Crippen LogP contribution in [-0.2, 0) is 0 Å². The van der Waals surface area contributed by atoms with Crippen molar-refractivity contribution in [1.29, 1.82) is 0 Å². The Hall–Kier alpha value is 0.270. The van der Waals surface area contributed by atoms with Gasteiger partial charge in [-0.05, 0) is 38.1 Å². The van der Waals surface area contributed by atoms with Crippen LogP contribution in [0.5, 0.6) is 0 Å². The SMILES string of the molecule is OC1CCCN(CCCS)C1. The summed E-state index contributed by atoms with van der Waals surface area (Å²) in [5.41, 5.74) is 0. The molecule has 0 aromatic rings. The predicted octanol–water partition coefficient (Wildman–Crippen LogP) is 0.763. The van der Waals surface area contributed by atoms with Crippen LogP contribution in [-0.4, -0.2) is 41.5 Å². The molecule has 0 aromatic carbocycles. The molecule has 1 N–H and O–H groups in total. The zero-order valence-corrected chi connectivity index (χ0v) is 7.76. The zero-order chi connectivity index (χ0) is 8.10. The molecule has 0 bridgehead atoms. The molecule has 1 saturated heterocycles. The van der Waals surface area contributed by atoms with Crippen LogP contribution in [0.1, 0.15) is 19.3 Å². The summed E-state index contributed by atoms with van der Waals surface area (Å²) in [6.07, 6.45) is 3.18. The van der Waals surface area contributed by atoms with Crippen LogP contribution in [0, 0.1) is 0 Å². The third kappa shape index (κ3) is 3.45. The third-order valence-electron chi connectivity index (χ3n) is 2.11. The van der Waals surface area contributed by atoms with Crippen molar-refractivity contribution in [2.45, 2.75) is 25.4 Å². The van der Waals surface area contributed by atoms with Crippen molar-refractivity contribution < 1.29 is 5.11 Å². The number of hydrogen-bond acceptors (Lipinski definition) is 3. The summed E-state index contributed by atoms with van der Waals surface area (Å²) in [6, 6.07) is 0. The van der Waals surface area contributed by atoms with E-state index in [0.29, 0.717) is 0 Å². The topological polar surface area (TPSA) is 23.5 Å². The van der Waals surface area contributed by atoms with E-state index >= 15 is 0 Å². The molecule has 1 aliphatic rings. The Bertz CT molecular complexity index is 110. The number of thiol groups is 1. The fraction of sp³-hybridized carbons (Fsp3) is 1.00. The predicted molar refractivity (Wildman–Crippen MR) is 50.2 cm³/mol. The minimum absolute atomic E-state index is 0.0799. The molecule has 0 aromatic heterocycles. The van der Waals surface area contributed by atoms with Crippen molar-refractivity contribution in [2.75, 3.05) is 25.4 Å². The van der Waals surface area contributed by atoms with Gasteiger partial charge in [0.05, 0.1) is 6.10 Å². The van der Waals surface area contributed by atoms with Crippen LogP contribution >= 0.6 is 12.6 Å². The van der Waals surface area contributed by atoms with Crippen molar-refractivity contribution in [1.82, 2.24) is 4.90 Å². The van der Waals surface area contributed by atoms with E-state index in [9.17, 15) is 5.11 Å². The number of aliphatic hydroxyl groups excluding tert-OH is 1. The van der Waals surface area contributed by atoms with Crippen molar-refractivity contribution in [3.8, 4) is 0 Å². The molecule has 2 nitrogen and oxygen atoms in total. The summed E-state index contributed by atoms with van der Waals surface area (Å²) in [4.78, 5) is 2.32. The molecule has 0 aliphatic carbocycles. The average Bonchev–Trinajstić information content (AvgIpc) is 2.01. The fourth-order valence-electron chi connectivity index (χ4n) is 1.53. The lowest BCUT2D eigenvalue weighted by molar-refractivity contribution is 0.0710. The maximum absolute atomic E-state index is 9.32. The van der Waals surface area contributed by atoms with E-state index in [2.05, 4.69) is 17.5 Å². The van der Waals surface area contributed by atoms with E-state index in [1.165, 1.54) is 0 Å². The third-order valence-corrected chi connectivity index (χ3v) is 2.43. The molecule has 1 aliphatic heterocycles. The monoisotopic (exact) mass is 175 g/mol. The fourth-order valence-corrected chi connectivity index (χ4v) is 1.67. The highest BCUT2D eigenvalue weighted by molar-refractivity contribution is 7.80. The van der Waals surface area contributed by atoms with E-state index in [1.54, 1.807) is 0 Å². The van der Waals surface area contributed by atoms with Crippen LogP contribution in [0.15, 0.2) is 0 Å². The number of aliphatic hydroxyl groups is 1. The first kappa shape index (κ1) is 9.36. The molecule has 0 amide bonds. The molecule has 1 heterocycles. The van der Waals surface area contributed by atoms with Crippen LogP contribution < -0.4 is 0 Å². The smallest absolute Gasteiger partial charge is 0.0667 e. The summed E-state index contributed by atoms with van der Waals surface area (Å²) < 4.78 is 0. The Labute approximate surface area is 74.0 Å². The number of rotatable bonds is 3. The van der Waals surface area contributed by atoms with Crippen molar-refractivity contribution >= 4 is 12.6 Å². The molecule has 0 radical (unpaired) electrons. The molecule has 66 valence electrons. The molecule has 11 heavy (non-hydrogen) atoms. The normalized spacial score (nSPS) is 27.3. The van der Waals surface area contributed by atoms with Crippen LogP contribution in [0.3, 0.4) is 0 Å². The number of piperidine rings is 1. The van der Waals surface area contributed by atoms with E-state index in [4.69, 9.17) is 0 Å². The molecule has 1 unspecified atom stereocenters. The summed E-state index contributed by atoms with van der Waals surface area (Å²) in [6.45, 7) is 3.12. The highest BCUT2D eigenvalue weighted by Gasteiger charge is 2.16. The number of nitrogens with zero attached hydrogens (tertiary/aromatic N) is 1.